The van der Waals surface area contributed by atoms with Gasteiger partial charge in [0, 0.05) is 18.7 Å². The largest absolute Gasteiger partial charge is 0.357 e. The maximum atomic E-state index is 10.7. The van der Waals surface area contributed by atoms with Gasteiger partial charge in [-0.3, -0.25) is 10.1 Å². The van der Waals surface area contributed by atoms with Crippen LogP contribution in [0.1, 0.15) is 32.9 Å². The summed E-state index contributed by atoms with van der Waals surface area (Å²) in [7, 11) is 0. The number of aromatic nitrogens is 4. The molecule has 0 amide bonds. The highest BCUT2D eigenvalue weighted by atomic mass is 32.1. The number of unbranched alkanes of at least 4 members (excludes halogenated alkanes) is 1. The van der Waals surface area contributed by atoms with E-state index in [2.05, 4.69) is 17.4 Å². The van der Waals surface area contributed by atoms with Crippen LogP contribution in [0.2, 0.25) is 0 Å². The maximum Gasteiger partial charge on any atom is 0.269 e. The first-order valence-corrected chi connectivity index (χ1v) is 7.36. The number of non-ortho nitro benzene ring substituents is 1. The van der Waals surface area contributed by atoms with Crippen LogP contribution in [0, 0.1) is 14.9 Å². The molecule has 1 aromatic heterocycles. The third kappa shape index (κ3) is 3.55. The van der Waals surface area contributed by atoms with Crippen molar-refractivity contribution in [2.24, 2.45) is 0 Å². The summed E-state index contributed by atoms with van der Waals surface area (Å²) in [5.74, 6) is 0. The fourth-order valence-corrected chi connectivity index (χ4v) is 2.16. The van der Waals surface area contributed by atoms with Gasteiger partial charge in [0.05, 0.1) is 10.6 Å². The van der Waals surface area contributed by atoms with Crippen LogP contribution in [0.15, 0.2) is 24.3 Å². The molecular weight excluding hydrogens is 306 g/mol. The Morgan fingerprint density at radius 3 is 2.64 bits per heavy atom. The standard InChI is InChI=1S/C13H17N5O3S/c1-3-4-9-21-10(2)16-13(22)17(15-14-16)11-5-7-12(8-6-11)18(19)20/h5-8,10H,3-4,9H2,1-2H3. The highest BCUT2D eigenvalue weighted by Gasteiger charge is 2.13. The van der Waals surface area contributed by atoms with E-state index >= 15 is 0 Å². The number of ether oxygens (including phenoxy) is 1. The molecule has 0 N–H and O–H groups in total. The second-order valence-electron chi connectivity index (χ2n) is 4.71. The lowest BCUT2D eigenvalue weighted by Gasteiger charge is -2.11. The Hall–Kier alpha value is -2.13. The van der Waals surface area contributed by atoms with Gasteiger partial charge < -0.3 is 4.74 Å². The highest BCUT2D eigenvalue weighted by molar-refractivity contribution is 7.71. The molecule has 2 aromatic rings. The Labute approximate surface area is 132 Å². The van der Waals surface area contributed by atoms with Crippen molar-refractivity contribution in [1.29, 1.82) is 0 Å². The maximum absolute atomic E-state index is 10.7. The molecular formula is C13H17N5O3S. The Balaban J connectivity index is 2.20. The van der Waals surface area contributed by atoms with Gasteiger partial charge in [-0.25, -0.2) is 0 Å². The van der Waals surface area contributed by atoms with Crippen LogP contribution < -0.4 is 0 Å². The summed E-state index contributed by atoms with van der Waals surface area (Å²) in [4.78, 5) is 10.2. The predicted octanol–water partition coefficient (Wildman–Crippen LogP) is 3.04. The highest BCUT2D eigenvalue weighted by Crippen LogP contribution is 2.16. The van der Waals surface area contributed by atoms with Gasteiger partial charge in [-0.1, -0.05) is 13.3 Å². The molecule has 0 fully saturated rings. The SMILES string of the molecule is CCCCOC(C)n1nnn(-c2ccc([N+](=O)[O-])cc2)c1=S. The van der Waals surface area contributed by atoms with Crippen molar-refractivity contribution in [2.45, 2.75) is 32.9 Å². The van der Waals surface area contributed by atoms with Crippen LogP contribution in [-0.4, -0.2) is 31.3 Å². The van der Waals surface area contributed by atoms with Gasteiger partial charge in [0.15, 0.2) is 6.23 Å². The van der Waals surface area contributed by atoms with Gasteiger partial charge >= 0.3 is 0 Å². The fraction of sp³-hybridized carbons (Fsp3) is 0.462. The van der Waals surface area contributed by atoms with Gasteiger partial charge in [0.1, 0.15) is 0 Å². The first-order chi connectivity index (χ1) is 10.5. The molecule has 2 rings (SSSR count). The van der Waals surface area contributed by atoms with E-state index in [1.165, 1.54) is 21.5 Å². The van der Waals surface area contributed by atoms with E-state index in [1.54, 1.807) is 12.1 Å². The second kappa shape index (κ2) is 7.23. The third-order valence-corrected chi connectivity index (χ3v) is 3.47. The smallest absolute Gasteiger partial charge is 0.269 e. The Bertz CT molecular complexity index is 694. The Morgan fingerprint density at radius 2 is 2.05 bits per heavy atom. The van der Waals surface area contributed by atoms with Crippen molar-refractivity contribution in [2.75, 3.05) is 6.61 Å². The van der Waals surface area contributed by atoms with Gasteiger partial charge in [0.25, 0.3) is 5.69 Å². The lowest BCUT2D eigenvalue weighted by atomic mass is 10.3. The molecule has 22 heavy (non-hydrogen) atoms. The molecule has 1 unspecified atom stereocenters. The molecule has 9 heteroatoms. The van der Waals surface area contributed by atoms with Gasteiger partial charge in [-0.2, -0.15) is 9.36 Å². The Kier molecular flexibility index (Phi) is 5.34. The number of nitrogens with zero attached hydrogens (tertiary/aromatic N) is 5. The van der Waals surface area contributed by atoms with Crippen LogP contribution in [-0.2, 0) is 4.74 Å². The molecule has 8 nitrogen and oxygen atoms in total. The van der Waals surface area contributed by atoms with E-state index in [-0.39, 0.29) is 11.9 Å². The lowest BCUT2D eigenvalue weighted by Crippen LogP contribution is -2.12. The molecule has 0 aliphatic rings. The first-order valence-electron chi connectivity index (χ1n) is 6.95. The van der Waals surface area contributed by atoms with E-state index in [9.17, 15) is 10.1 Å². The summed E-state index contributed by atoms with van der Waals surface area (Å²) in [5, 5.41) is 18.6. The van der Waals surface area contributed by atoms with E-state index in [0.29, 0.717) is 17.1 Å². The summed E-state index contributed by atoms with van der Waals surface area (Å²) in [5.41, 5.74) is 0.626. The molecule has 0 spiro atoms. The molecule has 0 aliphatic heterocycles. The van der Waals surface area contributed by atoms with Crippen molar-refractivity contribution < 1.29 is 9.66 Å². The second-order valence-corrected chi connectivity index (χ2v) is 5.08. The van der Waals surface area contributed by atoms with Crippen molar-refractivity contribution in [3.63, 3.8) is 0 Å². The summed E-state index contributed by atoms with van der Waals surface area (Å²) >= 11 is 5.33. The lowest BCUT2D eigenvalue weighted by molar-refractivity contribution is -0.384. The first kappa shape index (κ1) is 16.2. The number of nitro groups is 1. The predicted molar refractivity (Wildman–Crippen MR) is 82.4 cm³/mol. The van der Waals surface area contributed by atoms with Crippen LogP contribution >= 0.6 is 12.2 Å². The zero-order chi connectivity index (χ0) is 16.1. The van der Waals surface area contributed by atoms with E-state index in [4.69, 9.17) is 17.0 Å². The van der Waals surface area contributed by atoms with Crippen molar-refractivity contribution in [3.8, 4) is 5.69 Å². The minimum atomic E-state index is -0.455. The van der Waals surface area contributed by atoms with Crippen LogP contribution in [0.5, 0.6) is 0 Å². The third-order valence-electron chi connectivity index (χ3n) is 3.11. The quantitative estimate of drug-likeness (QED) is 0.337. The average molecular weight is 323 g/mol. The number of hydrogen-bond acceptors (Lipinski definition) is 6. The van der Waals surface area contributed by atoms with E-state index < -0.39 is 4.92 Å². The van der Waals surface area contributed by atoms with E-state index in [0.717, 1.165) is 12.8 Å². The number of benzene rings is 1. The monoisotopic (exact) mass is 323 g/mol. The molecule has 0 saturated carbocycles. The zero-order valence-electron chi connectivity index (χ0n) is 12.4. The number of tetrazole rings is 1. The van der Waals surface area contributed by atoms with Crippen molar-refractivity contribution in [1.82, 2.24) is 19.8 Å². The van der Waals surface area contributed by atoms with Gasteiger partial charge in [-0.15, -0.1) is 0 Å². The number of rotatable bonds is 7. The number of nitro benzene ring substituents is 1. The molecule has 1 aromatic carbocycles. The molecule has 118 valence electrons. The molecule has 0 bridgehead atoms. The van der Waals surface area contributed by atoms with E-state index in [1.807, 2.05) is 6.92 Å². The topological polar surface area (TPSA) is 88.0 Å². The van der Waals surface area contributed by atoms with Crippen molar-refractivity contribution in [3.05, 3.63) is 39.2 Å². The summed E-state index contributed by atoms with van der Waals surface area (Å²) < 4.78 is 8.96. The van der Waals surface area contributed by atoms with Gasteiger partial charge in [-0.05, 0) is 48.1 Å². The molecule has 0 saturated heterocycles. The molecule has 1 heterocycles. The van der Waals surface area contributed by atoms with Crippen LogP contribution in [0.4, 0.5) is 5.69 Å². The number of hydrogen-bond donors (Lipinski definition) is 0. The minimum absolute atomic E-state index is 0.0129. The van der Waals surface area contributed by atoms with Gasteiger partial charge in [0.2, 0.25) is 4.77 Å². The normalized spacial score (nSPS) is 12.3. The fourth-order valence-electron chi connectivity index (χ4n) is 1.83. The summed E-state index contributed by atoms with van der Waals surface area (Å²) in [6.07, 6.45) is 1.70. The summed E-state index contributed by atoms with van der Waals surface area (Å²) in [6.45, 7) is 4.56. The molecule has 0 aliphatic carbocycles. The summed E-state index contributed by atoms with van der Waals surface area (Å²) in [6, 6.07) is 5.96. The molecule has 1 atom stereocenters. The molecule has 0 radical (unpaired) electrons. The Morgan fingerprint density at radius 1 is 1.36 bits per heavy atom. The van der Waals surface area contributed by atoms with Crippen molar-refractivity contribution >= 4 is 17.9 Å². The van der Waals surface area contributed by atoms with Crippen LogP contribution in [0.25, 0.3) is 5.69 Å². The average Bonchev–Trinajstić information content (AvgIpc) is 2.89. The zero-order valence-corrected chi connectivity index (χ0v) is 13.2. The van der Waals surface area contributed by atoms with Crippen LogP contribution in [0.3, 0.4) is 0 Å². The minimum Gasteiger partial charge on any atom is -0.357 e.